The minimum absolute atomic E-state index is 0.118. The normalized spacial score (nSPS) is 25.6. The van der Waals surface area contributed by atoms with Crippen molar-refractivity contribution in [1.29, 1.82) is 0 Å². The van der Waals surface area contributed by atoms with E-state index in [4.69, 9.17) is 15.9 Å². The summed E-state index contributed by atoms with van der Waals surface area (Å²) >= 11 is 0. The molecule has 1 fully saturated rings. The minimum atomic E-state index is -1.01. The van der Waals surface area contributed by atoms with E-state index in [9.17, 15) is 9.59 Å². The van der Waals surface area contributed by atoms with E-state index in [0.717, 1.165) is 25.7 Å². The van der Waals surface area contributed by atoms with Crippen molar-refractivity contribution in [3.63, 3.8) is 0 Å². The summed E-state index contributed by atoms with van der Waals surface area (Å²) in [6.07, 6.45) is 3.63. The van der Waals surface area contributed by atoms with Crippen molar-refractivity contribution < 1.29 is 19.8 Å². The topological polar surface area (TPSA) is 104 Å². The molecule has 0 bridgehead atoms. The van der Waals surface area contributed by atoms with Gasteiger partial charge in [-0.3, -0.25) is 14.5 Å². The zero-order chi connectivity index (χ0) is 12.1. The van der Waals surface area contributed by atoms with E-state index >= 15 is 0 Å². The van der Waals surface area contributed by atoms with Gasteiger partial charge in [-0.25, -0.2) is 0 Å². The zero-order valence-electron chi connectivity index (χ0n) is 9.13. The quantitative estimate of drug-likeness (QED) is 0.600. The zero-order valence-corrected chi connectivity index (χ0v) is 9.13. The SMILES string of the molecule is NC1CCCCC1N(CC(=O)O)CC(=O)O. The molecular weight excluding hydrogens is 212 g/mol. The summed E-state index contributed by atoms with van der Waals surface area (Å²) in [5, 5.41) is 17.5. The van der Waals surface area contributed by atoms with Crippen LogP contribution in [0.15, 0.2) is 0 Å². The Morgan fingerprint density at radius 2 is 1.62 bits per heavy atom. The molecule has 92 valence electrons. The summed E-state index contributed by atoms with van der Waals surface area (Å²) in [4.78, 5) is 22.8. The van der Waals surface area contributed by atoms with E-state index in [1.54, 1.807) is 0 Å². The smallest absolute Gasteiger partial charge is 0.317 e. The average Bonchev–Trinajstić information content (AvgIpc) is 2.15. The molecule has 0 saturated heterocycles. The second-order valence-electron chi connectivity index (χ2n) is 4.21. The molecule has 0 aromatic carbocycles. The Balaban J connectivity index is 2.65. The molecule has 16 heavy (non-hydrogen) atoms. The molecule has 1 aliphatic carbocycles. The van der Waals surface area contributed by atoms with Gasteiger partial charge in [0.25, 0.3) is 0 Å². The van der Waals surface area contributed by atoms with Gasteiger partial charge >= 0.3 is 11.9 Å². The van der Waals surface area contributed by atoms with Crippen molar-refractivity contribution in [2.45, 2.75) is 37.8 Å². The number of nitrogens with zero attached hydrogens (tertiary/aromatic N) is 1. The predicted octanol–water partition coefficient (Wildman–Crippen LogP) is -0.272. The van der Waals surface area contributed by atoms with E-state index in [1.807, 2.05) is 0 Å². The highest BCUT2D eigenvalue weighted by Crippen LogP contribution is 2.21. The lowest BCUT2D eigenvalue weighted by Gasteiger charge is -2.36. The number of carbonyl (C=O) groups is 2. The molecule has 0 aromatic rings. The van der Waals surface area contributed by atoms with Gasteiger partial charge in [-0.2, -0.15) is 0 Å². The molecule has 0 amide bonds. The van der Waals surface area contributed by atoms with Crippen molar-refractivity contribution in [3.05, 3.63) is 0 Å². The first-order valence-corrected chi connectivity index (χ1v) is 5.44. The van der Waals surface area contributed by atoms with Crippen LogP contribution in [0, 0.1) is 0 Å². The second-order valence-corrected chi connectivity index (χ2v) is 4.21. The summed E-state index contributed by atoms with van der Waals surface area (Å²) in [6, 6.07) is -0.242. The van der Waals surface area contributed by atoms with Crippen LogP contribution in [0.2, 0.25) is 0 Å². The summed E-state index contributed by atoms with van der Waals surface area (Å²) in [5.41, 5.74) is 5.90. The van der Waals surface area contributed by atoms with Crippen LogP contribution < -0.4 is 5.73 Å². The van der Waals surface area contributed by atoms with Gasteiger partial charge in [-0.15, -0.1) is 0 Å². The van der Waals surface area contributed by atoms with Crippen molar-refractivity contribution >= 4 is 11.9 Å². The molecule has 6 nitrogen and oxygen atoms in total. The minimum Gasteiger partial charge on any atom is -0.480 e. The highest BCUT2D eigenvalue weighted by Gasteiger charge is 2.29. The van der Waals surface area contributed by atoms with Crippen LogP contribution in [0.3, 0.4) is 0 Å². The number of carboxylic acids is 2. The van der Waals surface area contributed by atoms with Gasteiger partial charge in [0.15, 0.2) is 0 Å². The molecule has 6 heteroatoms. The fourth-order valence-electron chi connectivity index (χ4n) is 2.23. The molecule has 0 radical (unpaired) electrons. The van der Waals surface area contributed by atoms with Crippen LogP contribution in [0.5, 0.6) is 0 Å². The molecule has 4 N–H and O–H groups in total. The van der Waals surface area contributed by atoms with Gasteiger partial charge in [0.1, 0.15) is 0 Å². The predicted molar refractivity (Wildman–Crippen MR) is 57.1 cm³/mol. The molecule has 1 saturated carbocycles. The number of carboxylic acid groups (broad SMARTS) is 2. The first-order valence-electron chi connectivity index (χ1n) is 5.44. The van der Waals surface area contributed by atoms with Crippen LogP contribution in [-0.2, 0) is 9.59 Å². The van der Waals surface area contributed by atoms with Crippen molar-refractivity contribution in [1.82, 2.24) is 4.90 Å². The van der Waals surface area contributed by atoms with E-state index in [0.29, 0.717) is 0 Å². The van der Waals surface area contributed by atoms with Gasteiger partial charge in [0.05, 0.1) is 13.1 Å². The second kappa shape index (κ2) is 5.81. The first kappa shape index (κ1) is 12.9. The fraction of sp³-hybridized carbons (Fsp3) is 0.800. The van der Waals surface area contributed by atoms with Gasteiger partial charge in [0.2, 0.25) is 0 Å². The number of aliphatic carboxylic acids is 2. The van der Waals surface area contributed by atoms with Crippen LogP contribution in [0.1, 0.15) is 25.7 Å². The van der Waals surface area contributed by atoms with E-state index in [-0.39, 0.29) is 25.2 Å². The van der Waals surface area contributed by atoms with Gasteiger partial charge in [-0.1, -0.05) is 12.8 Å². The molecule has 1 rings (SSSR count). The molecular formula is C10H18N2O4. The summed E-state index contributed by atoms with van der Waals surface area (Å²) in [5.74, 6) is -2.03. The van der Waals surface area contributed by atoms with Gasteiger partial charge < -0.3 is 15.9 Å². The molecule has 0 heterocycles. The van der Waals surface area contributed by atoms with Crippen LogP contribution in [-0.4, -0.2) is 52.2 Å². The first-order chi connectivity index (χ1) is 7.50. The Morgan fingerprint density at radius 3 is 2.06 bits per heavy atom. The van der Waals surface area contributed by atoms with Crippen LogP contribution in [0.4, 0.5) is 0 Å². The van der Waals surface area contributed by atoms with Crippen molar-refractivity contribution in [2.75, 3.05) is 13.1 Å². The summed E-state index contributed by atoms with van der Waals surface area (Å²) in [6.45, 7) is -0.519. The third-order valence-electron chi connectivity index (χ3n) is 2.93. The highest BCUT2D eigenvalue weighted by atomic mass is 16.4. The number of nitrogens with two attached hydrogens (primary N) is 1. The van der Waals surface area contributed by atoms with E-state index in [1.165, 1.54) is 4.90 Å². The maximum Gasteiger partial charge on any atom is 0.317 e. The Kier molecular flexibility index (Phi) is 4.70. The third-order valence-corrected chi connectivity index (χ3v) is 2.93. The molecule has 2 atom stereocenters. The van der Waals surface area contributed by atoms with E-state index in [2.05, 4.69) is 0 Å². The number of hydrogen-bond acceptors (Lipinski definition) is 4. The maximum atomic E-state index is 10.7. The number of rotatable bonds is 5. The summed E-state index contributed by atoms with van der Waals surface area (Å²) < 4.78 is 0. The standard InChI is InChI=1S/C10H18N2O4/c11-7-3-1-2-4-8(7)12(5-9(13)14)6-10(15)16/h7-8H,1-6,11H2,(H,13,14)(H,15,16). The summed E-state index contributed by atoms with van der Waals surface area (Å²) in [7, 11) is 0. The molecule has 0 aromatic heterocycles. The highest BCUT2D eigenvalue weighted by molar-refractivity contribution is 5.72. The van der Waals surface area contributed by atoms with Gasteiger partial charge in [-0.05, 0) is 12.8 Å². The molecule has 2 unspecified atom stereocenters. The Bertz CT molecular complexity index is 254. The largest absolute Gasteiger partial charge is 0.480 e. The monoisotopic (exact) mass is 230 g/mol. The Morgan fingerprint density at radius 1 is 1.12 bits per heavy atom. The maximum absolute atomic E-state index is 10.7. The lowest BCUT2D eigenvalue weighted by molar-refractivity contribution is -0.143. The Hall–Kier alpha value is -1.14. The van der Waals surface area contributed by atoms with Crippen molar-refractivity contribution in [3.8, 4) is 0 Å². The number of hydrogen-bond donors (Lipinski definition) is 3. The van der Waals surface area contributed by atoms with E-state index < -0.39 is 11.9 Å². The van der Waals surface area contributed by atoms with Crippen LogP contribution >= 0.6 is 0 Å². The molecule has 1 aliphatic rings. The van der Waals surface area contributed by atoms with Crippen LogP contribution in [0.25, 0.3) is 0 Å². The lowest BCUT2D eigenvalue weighted by Crippen LogP contribution is -2.52. The fourth-order valence-corrected chi connectivity index (χ4v) is 2.23. The third kappa shape index (κ3) is 3.79. The molecule has 0 spiro atoms. The average molecular weight is 230 g/mol. The Labute approximate surface area is 94.0 Å². The van der Waals surface area contributed by atoms with Crippen molar-refractivity contribution in [2.24, 2.45) is 5.73 Å². The molecule has 0 aliphatic heterocycles. The lowest BCUT2D eigenvalue weighted by atomic mass is 9.90. The van der Waals surface area contributed by atoms with Gasteiger partial charge in [0, 0.05) is 12.1 Å².